The van der Waals surface area contributed by atoms with Crippen molar-refractivity contribution in [3.05, 3.63) is 35.5 Å². The summed E-state index contributed by atoms with van der Waals surface area (Å²) in [6, 6.07) is 5.22. The van der Waals surface area contributed by atoms with E-state index in [-0.39, 0.29) is 11.8 Å². The van der Waals surface area contributed by atoms with Crippen LogP contribution in [-0.2, 0) is 9.53 Å². The Balaban J connectivity index is 2.46. The molecule has 5 nitrogen and oxygen atoms in total. The van der Waals surface area contributed by atoms with Crippen LogP contribution in [0.4, 0.5) is 11.4 Å². The van der Waals surface area contributed by atoms with Gasteiger partial charge in [0.1, 0.15) is 11.8 Å². The maximum atomic E-state index is 10.9. The normalized spacial score (nSPS) is 18.3. The summed E-state index contributed by atoms with van der Waals surface area (Å²) in [5, 5.41) is 11.7. The Morgan fingerprint density at radius 1 is 1.56 bits per heavy atom. The van der Waals surface area contributed by atoms with Gasteiger partial charge in [0.15, 0.2) is 0 Å². The number of fused-ring (bicyclic) bond motifs is 1. The number of anilines is 2. The Hall–Kier alpha value is -2.01. The third-order valence-electron chi connectivity index (χ3n) is 2.45. The van der Waals surface area contributed by atoms with Crippen LogP contribution in [0.5, 0.6) is 0 Å². The van der Waals surface area contributed by atoms with E-state index in [4.69, 9.17) is 15.6 Å². The Morgan fingerprint density at radius 3 is 2.94 bits per heavy atom. The molecule has 1 unspecified atom stereocenters. The Morgan fingerprint density at radius 2 is 2.31 bits per heavy atom. The second kappa shape index (κ2) is 3.86. The molecule has 0 bridgehead atoms. The average Bonchev–Trinajstić information content (AvgIpc) is 2.27. The molecule has 0 fully saturated rings. The van der Waals surface area contributed by atoms with Gasteiger partial charge in [-0.15, -0.1) is 0 Å². The number of carboxylic acids is 1. The minimum Gasteiger partial charge on any atom is -0.477 e. The van der Waals surface area contributed by atoms with Crippen LogP contribution in [0, 0.1) is 0 Å². The van der Waals surface area contributed by atoms with Gasteiger partial charge in [0.05, 0.1) is 0 Å². The highest BCUT2D eigenvalue weighted by Gasteiger charge is 2.22. The highest BCUT2D eigenvalue weighted by atomic mass is 16.5. The van der Waals surface area contributed by atoms with Crippen molar-refractivity contribution >= 4 is 17.3 Å². The van der Waals surface area contributed by atoms with E-state index in [1.165, 1.54) is 13.2 Å². The van der Waals surface area contributed by atoms with Crippen LogP contribution in [0.3, 0.4) is 0 Å². The number of hydrogen-bond acceptors (Lipinski definition) is 4. The molecule has 84 valence electrons. The van der Waals surface area contributed by atoms with Crippen LogP contribution < -0.4 is 11.1 Å². The Kier molecular flexibility index (Phi) is 2.54. The summed E-state index contributed by atoms with van der Waals surface area (Å²) >= 11 is 0. The molecule has 0 saturated carbocycles. The first-order valence-corrected chi connectivity index (χ1v) is 4.76. The average molecular weight is 220 g/mol. The molecule has 2 rings (SSSR count). The molecule has 1 aliphatic rings. The molecule has 0 aliphatic carbocycles. The quantitative estimate of drug-likeness (QED) is 0.655. The number of carbonyl (C=O) groups is 1. The van der Waals surface area contributed by atoms with Crippen molar-refractivity contribution in [2.45, 2.75) is 6.10 Å². The molecule has 16 heavy (non-hydrogen) atoms. The van der Waals surface area contributed by atoms with Gasteiger partial charge in [-0.2, -0.15) is 0 Å². The van der Waals surface area contributed by atoms with E-state index in [0.29, 0.717) is 11.4 Å². The van der Waals surface area contributed by atoms with Gasteiger partial charge in [-0.3, -0.25) is 0 Å². The first-order chi connectivity index (χ1) is 7.61. The van der Waals surface area contributed by atoms with Crippen molar-refractivity contribution in [1.29, 1.82) is 0 Å². The minimum atomic E-state index is -1.01. The van der Waals surface area contributed by atoms with Crippen LogP contribution in [0.1, 0.15) is 11.7 Å². The van der Waals surface area contributed by atoms with Crippen LogP contribution in [0.15, 0.2) is 30.0 Å². The van der Waals surface area contributed by atoms with Gasteiger partial charge in [-0.25, -0.2) is 4.79 Å². The van der Waals surface area contributed by atoms with Crippen molar-refractivity contribution in [1.82, 2.24) is 0 Å². The molecule has 1 heterocycles. The molecular formula is C11H12N2O3. The lowest BCUT2D eigenvalue weighted by atomic mass is 10.0. The third-order valence-corrected chi connectivity index (χ3v) is 2.45. The lowest BCUT2D eigenvalue weighted by molar-refractivity contribution is -0.132. The highest BCUT2D eigenvalue weighted by Crippen LogP contribution is 2.33. The summed E-state index contributed by atoms with van der Waals surface area (Å²) < 4.78 is 5.22. The second-order valence-electron chi connectivity index (χ2n) is 3.51. The van der Waals surface area contributed by atoms with E-state index < -0.39 is 5.97 Å². The summed E-state index contributed by atoms with van der Waals surface area (Å²) in [6.45, 7) is 0. The number of nitrogen functional groups attached to an aromatic ring is 1. The maximum absolute atomic E-state index is 10.9. The lowest BCUT2D eigenvalue weighted by Gasteiger charge is -2.23. The number of aliphatic carboxylic acids is 1. The standard InChI is InChI=1S/C11H12N2O3/c1-16-10-5-9(11(14)15)13-8-3-2-6(12)4-7(8)10/h2-5,10,13H,12H2,1H3,(H,14,15). The largest absolute Gasteiger partial charge is 0.477 e. The van der Waals surface area contributed by atoms with Gasteiger partial charge in [0, 0.05) is 24.0 Å². The SMILES string of the molecule is COC1C=C(C(=O)O)Nc2ccc(N)cc21. The predicted octanol–water partition coefficient (Wildman–Crippen LogP) is 1.35. The Bertz CT molecular complexity index is 468. The summed E-state index contributed by atoms with van der Waals surface area (Å²) in [6.07, 6.45) is 1.13. The molecule has 0 saturated heterocycles. The molecule has 1 aromatic carbocycles. The van der Waals surface area contributed by atoms with E-state index in [9.17, 15) is 4.79 Å². The van der Waals surface area contributed by atoms with Crippen LogP contribution in [0.2, 0.25) is 0 Å². The van der Waals surface area contributed by atoms with Crippen LogP contribution in [-0.4, -0.2) is 18.2 Å². The van der Waals surface area contributed by atoms with Crippen molar-refractivity contribution in [3.63, 3.8) is 0 Å². The number of methoxy groups -OCH3 is 1. The van der Waals surface area contributed by atoms with E-state index in [1.807, 2.05) is 0 Å². The molecule has 0 radical (unpaired) electrons. The number of rotatable bonds is 2. The summed E-state index contributed by atoms with van der Waals surface area (Å²) in [5.74, 6) is -1.01. The van der Waals surface area contributed by atoms with Gasteiger partial charge in [0.2, 0.25) is 0 Å². The van der Waals surface area contributed by atoms with E-state index in [2.05, 4.69) is 5.32 Å². The molecule has 1 atom stereocenters. The van der Waals surface area contributed by atoms with Crippen molar-refractivity contribution in [2.24, 2.45) is 0 Å². The third kappa shape index (κ3) is 1.72. The zero-order valence-electron chi connectivity index (χ0n) is 8.73. The Labute approximate surface area is 92.5 Å². The molecule has 1 aliphatic heterocycles. The first kappa shape index (κ1) is 10.5. The number of carboxylic acid groups (broad SMARTS) is 1. The zero-order valence-corrected chi connectivity index (χ0v) is 8.73. The van der Waals surface area contributed by atoms with E-state index >= 15 is 0 Å². The number of benzene rings is 1. The number of nitrogens with one attached hydrogen (secondary N) is 1. The maximum Gasteiger partial charge on any atom is 0.352 e. The summed E-state index contributed by atoms with van der Waals surface area (Å²) in [4.78, 5) is 10.9. The topological polar surface area (TPSA) is 84.6 Å². The minimum absolute atomic E-state index is 0.115. The molecule has 0 amide bonds. The van der Waals surface area contributed by atoms with Crippen molar-refractivity contribution < 1.29 is 14.6 Å². The highest BCUT2D eigenvalue weighted by molar-refractivity contribution is 5.92. The predicted molar refractivity (Wildman–Crippen MR) is 59.9 cm³/mol. The lowest BCUT2D eigenvalue weighted by Crippen LogP contribution is -2.19. The van der Waals surface area contributed by atoms with Crippen molar-refractivity contribution in [2.75, 3.05) is 18.2 Å². The second-order valence-corrected chi connectivity index (χ2v) is 3.51. The fourth-order valence-corrected chi connectivity index (χ4v) is 1.68. The molecular weight excluding hydrogens is 208 g/mol. The number of hydrogen-bond donors (Lipinski definition) is 3. The number of nitrogens with two attached hydrogens (primary N) is 1. The molecule has 1 aromatic rings. The van der Waals surface area contributed by atoms with E-state index in [0.717, 1.165) is 5.56 Å². The van der Waals surface area contributed by atoms with Crippen LogP contribution in [0.25, 0.3) is 0 Å². The smallest absolute Gasteiger partial charge is 0.352 e. The molecule has 0 aromatic heterocycles. The monoisotopic (exact) mass is 220 g/mol. The van der Waals surface area contributed by atoms with Gasteiger partial charge >= 0.3 is 5.97 Å². The van der Waals surface area contributed by atoms with Crippen LogP contribution >= 0.6 is 0 Å². The van der Waals surface area contributed by atoms with Gasteiger partial charge in [-0.1, -0.05) is 0 Å². The molecule has 5 heteroatoms. The van der Waals surface area contributed by atoms with Crippen molar-refractivity contribution in [3.8, 4) is 0 Å². The summed E-state index contributed by atoms with van der Waals surface area (Å²) in [7, 11) is 1.53. The summed E-state index contributed by atoms with van der Waals surface area (Å²) in [5.41, 5.74) is 7.96. The number of ether oxygens (including phenoxy) is 1. The van der Waals surface area contributed by atoms with Gasteiger partial charge in [0.25, 0.3) is 0 Å². The van der Waals surface area contributed by atoms with Gasteiger partial charge in [-0.05, 0) is 24.3 Å². The molecule has 4 N–H and O–H groups in total. The molecule has 0 spiro atoms. The zero-order chi connectivity index (χ0) is 11.7. The van der Waals surface area contributed by atoms with Gasteiger partial charge < -0.3 is 20.9 Å². The fourth-order valence-electron chi connectivity index (χ4n) is 1.68. The fraction of sp³-hybridized carbons (Fsp3) is 0.182. The van der Waals surface area contributed by atoms with E-state index in [1.54, 1.807) is 18.2 Å². The first-order valence-electron chi connectivity index (χ1n) is 4.76.